The largest absolute Gasteiger partial charge is 0.396 e. The van der Waals surface area contributed by atoms with Gasteiger partial charge in [-0.25, -0.2) is 8.42 Å². The van der Waals surface area contributed by atoms with E-state index in [-0.39, 0.29) is 6.61 Å². The maximum absolute atomic E-state index is 12.2. The van der Waals surface area contributed by atoms with E-state index in [4.69, 9.17) is 5.11 Å². The smallest absolute Gasteiger partial charge is 0.252 e. The van der Waals surface area contributed by atoms with Crippen LogP contribution in [0.3, 0.4) is 0 Å². The average molecular weight is 273 g/mol. The van der Waals surface area contributed by atoms with Crippen molar-refractivity contribution in [2.24, 2.45) is 0 Å². The standard InChI is InChI=1S/C11H15NO3S2/c13-9-6-10-4-5-11(16-10)17(14,15)12-7-2-1-3-8-12/h1-2,4-5,13H,3,6-9H2. The van der Waals surface area contributed by atoms with E-state index in [1.54, 1.807) is 12.1 Å². The fourth-order valence-corrected chi connectivity index (χ4v) is 4.61. The summed E-state index contributed by atoms with van der Waals surface area (Å²) in [6.45, 7) is 1.05. The van der Waals surface area contributed by atoms with Gasteiger partial charge in [0, 0.05) is 31.0 Å². The molecule has 2 rings (SSSR count). The Morgan fingerprint density at radius 2 is 2.18 bits per heavy atom. The minimum Gasteiger partial charge on any atom is -0.396 e. The number of hydrogen-bond acceptors (Lipinski definition) is 4. The molecule has 2 heterocycles. The summed E-state index contributed by atoms with van der Waals surface area (Å²) in [6.07, 6.45) is 5.16. The van der Waals surface area contributed by atoms with Crippen LogP contribution in [0, 0.1) is 0 Å². The number of hydrogen-bond donors (Lipinski definition) is 1. The van der Waals surface area contributed by atoms with Gasteiger partial charge in [-0.05, 0) is 18.6 Å². The minimum absolute atomic E-state index is 0.0481. The van der Waals surface area contributed by atoms with Gasteiger partial charge in [0.05, 0.1) is 0 Å². The van der Waals surface area contributed by atoms with Crippen LogP contribution < -0.4 is 0 Å². The summed E-state index contributed by atoms with van der Waals surface area (Å²) < 4.78 is 26.3. The fourth-order valence-electron chi connectivity index (χ4n) is 1.71. The van der Waals surface area contributed by atoms with Crippen molar-refractivity contribution in [3.8, 4) is 0 Å². The first-order valence-corrected chi connectivity index (χ1v) is 7.75. The van der Waals surface area contributed by atoms with Gasteiger partial charge in [-0.2, -0.15) is 4.31 Å². The zero-order valence-corrected chi connectivity index (χ0v) is 11.0. The van der Waals surface area contributed by atoms with Crippen molar-refractivity contribution in [2.45, 2.75) is 17.1 Å². The van der Waals surface area contributed by atoms with Crippen LogP contribution in [0.4, 0.5) is 0 Å². The predicted octanol–water partition coefficient (Wildman–Crippen LogP) is 1.23. The molecular weight excluding hydrogens is 258 g/mol. The first kappa shape index (κ1) is 12.8. The molecule has 0 saturated heterocycles. The molecular formula is C11H15NO3S2. The van der Waals surface area contributed by atoms with Crippen molar-refractivity contribution in [3.05, 3.63) is 29.2 Å². The van der Waals surface area contributed by atoms with Gasteiger partial charge in [-0.15, -0.1) is 11.3 Å². The summed E-state index contributed by atoms with van der Waals surface area (Å²) in [4.78, 5) is 0.902. The van der Waals surface area contributed by atoms with Gasteiger partial charge in [0.2, 0.25) is 0 Å². The highest BCUT2D eigenvalue weighted by Crippen LogP contribution is 2.26. The van der Waals surface area contributed by atoms with Crippen molar-refractivity contribution >= 4 is 21.4 Å². The Hall–Kier alpha value is -0.690. The Labute approximate surface area is 105 Å². The van der Waals surface area contributed by atoms with E-state index in [0.717, 1.165) is 11.3 Å². The maximum Gasteiger partial charge on any atom is 0.252 e. The fraction of sp³-hybridized carbons (Fsp3) is 0.455. The molecule has 1 aromatic rings. The van der Waals surface area contributed by atoms with E-state index >= 15 is 0 Å². The third kappa shape index (κ3) is 2.77. The van der Waals surface area contributed by atoms with Crippen LogP contribution >= 0.6 is 11.3 Å². The summed E-state index contributed by atoms with van der Waals surface area (Å²) in [5.74, 6) is 0. The quantitative estimate of drug-likeness (QED) is 0.840. The molecule has 0 unspecified atom stereocenters. The molecule has 94 valence electrons. The molecule has 0 atom stereocenters. The summed E-state index contributed by atoms with van der Waals surface area (Å²) in [7, 11) is -3.34. The lowest BCUT2D eigenvalue weighted by Crippen LogP contribution is -2.33. The monoisotopic (exact) mass is 273 g/mol. The molecule has 1 N–H and O–H groups in total. The summed E-state index contributed by atoms with van der Waals surface area (Å²) in [6, 6.07) is 3.40. The van der Waals surface area contributed by atoms with E-state index in [1.807, 2.05) is 12.2 Å². The second kappa shape index (κ2) is 5.30. The van der Waals surface area contributed by atoms with Crippen LogP contribution in [-0.4, -0.2) is 37.5 Å². The number of aliphatic hydroxyl groups is 1. The zero-order chi connectivity index (χ0) is 12.3. The molecule has 17 heavy (non-hydrogen) atoms. The van der Waals surface area contributed by atoms with Crippen molar-refractivity contribution in [2.75, 3.05) is 19.7 Å². The Bertz CT molecular complexity index is 505. The molecule has 4 nitrogen and oxygen atoms in total. The van der Waals surface area contributed by atoms with Crippen LogP contribution in [0.5, 0.6) is 0 Å². The second-order valence-electron chi connectivity index (χ2n) is 3.82. The Morgan fingerprint density at radius 1 is 1.35 bits per heavy atom. The Kier molecular flexibility index (Phi) is 3.98. The zero-order valence-electron chi connectivity index (χ0n) is 9.37. The van der Waals surface area contributed by atoms with Gasteiger partial charge in [0.25, 0.3) is 10.0 Å². The average Bonchev–Trinajstić information content (AvgIpc) is 2.80. The van der Waals surface area contributed by atoms with Gasteiger partial charge in [0.15, 0.2) is 0 Å². The molecule has 0 fully saturated rings. The summed E-state index contributed by atoms with van der Waals surface area (Å²) in [5.41, 5.74) is 0. The number of sulfonamides is 1. The van der Waals surface area contributed by atoms with Crippen molar-refractivity contribution in [1.29, 1.82) is 0 Å². The van der Waals surface area contributed by atoms with Gasteiger partial charge in [-0.1, -0.05) is 12.2 Å². The SMILES string of the molecule is O=S(=O)(c1ccc(CCO)s1)N1CC=CCC1. The van der Waals surface area contributed by atoms with Crippen LogP contribution in [0.25, 0.3) is 0 Å². The first-order chi connectivity index (χ1) is 8.14. The van der Waals surface area contributed by atoms with Crippen LogP contribution in [0.2, 0.25) is 0 Å². The van der Waals surface area contributed by atoms with E-state index in [9.17, 15) is 8.42 Å². The van der Waals surface area contributed by atoms with Crippen LogP contribution in [-0.2, 0) is 16.4 Å². The summed E-state index contributed by atoms with van der Waals surface area (Å²) >= 11 is 1.24. The number of nitrogens with zero attached hydrogens (tertiary/aromatic N) is 1. The number of aliphatic hydroxyl groups excluding tert-OH is 1. The highest BCUT2D eigenvalue weighted by atomic mass is 32.2. The van der Waals surface area contributed by atoms with Crippen molar-refractivity contribution in [3.63, 3.8) is 0 Å². The van der Waals surface area contributed by atoms with Gasteiger partial charge >= 0.3 is 0 Å². The lowest BCUT2D eigenvalue weighted by Gasteiger charge is -2.21. The maximum atomic E-state index is 12.2. The third-order valence-corrected chi connectivity index (χ3v) is 6.09. The molecule has 1 aromatic heterocycles. The van der Waals surface area contributed by atoms with Crippen molar-refractivity contribution in [1.82, 2.24) is 4.31 Å². The van der Waals surface area contributed by atoms with Crippen molar-refractivity contribution < 1.29 is 13.5 Å². The molecule has 0 bridgehead atoms. The molecule has 0 amide bonds. The number of rotatable bonds is 4. The van der Waals surface area contributed by atoms with E-state index in [2.05, 4.69) is 0 Å². The van der Waals surface area contributed by atoms with Crippen LogP contribution in [0.15, 0.2) is 28.5 Å². The van der Waals surface area contributed by atoms with Gasteiger partial charge in [-0.3, -0.25) is 0 Å². The molecule has 1 aliphatic heterocycles. The highest BCUT2D eigenvalue weighted by Gasteiger charge is 2.25. The lowest BCUT2D eigenvalue weighted by atomic mass is 10.3. The second-order valence-corrected chi connectivity index (χ2v) is 7.15. The van der Waals surface area contributed by atoms with E-state index < -0.39 is 10.0 Å². The van der Waals surface area contributed by atoms with Crippen LogP contribution in [0.1, 0.15) is 11.3 Å². The molecule has 0 saturated carbocycles. The first-order valence-electron chi connectivity index (χ1n) is 5.49. The molecule has 0 spiro atoms. The Balaban J connectivity index is 2.21. The molecule has 1 aliphatic rings. The number of thiophene rings is 1. The van der Waals surface area contributed by atoms with E-state index in [0.29, 0.717) is 23.7 Å². The van der Waals surface area contributed by atoms with Gasteiger partial charge in [0.1, 0.15) is 4.21 Å². The third-order valence-electron chi connectivity index (χ3n) is 2.61. The highest BCUT2D eigenvalue weighted by molar-refractivity contribution is 7.91. The lowest BCUT2D eigenvalue weighted by molar-refractivity contribution is 0.300. The minimum atomic E-state index is -3.34. The summed E-state index contributed by atoms with van der Waals surface area (Å²) in [5, 5.41) is 8.82. The Morgan fingerprint density at radius 3 is 2.82 bits per heavy atom. The molecule has 0 aliphatic carbocycles. The van der Waals surface area contributed by atoms with Gasteiger partial charge < -0.3 is 5.11 Å². The molecule has 0 radical (unpaired) electrons. The normalized spacial score (nSPS) is 17.5. The topological polar surface area (TPSA) is 57.6 Å². The van der Waals surface area contributed by atoms with E-state index in [1.165, 1.54) is 15.6 Å². The predicted molar refractivity (Wildman–Crippen MR) is 67.6 cm³/mol. The molecule has 6 heteroatoms. The molecule has 0 aromatic carbocycles.